The van der Waals surface area contributed by atoms with Crippen molar-refractivity contribution >= 4 is 5.69 Å². The van der Waals surface area contributed by atoms with E-state index in [1.807, 2.05) is 0 Å². The Bertz CT molecular complexity index is 487. The van der Waals surface area contributed by atoms with E-state index < -0.39 is 11.7 Å². The van der Waals surface area contributed by atoms with Gasteiger partial charge < -0.3 is 10.1 Å². The van der Waals surface area contributed by atoms with Crippen LogP contribution in [0.4, 0.5) is 18.9 Å². The molecule has 0 heterocycles. The SMILES string of the molecule is COc1ccc(NC2CCC(C)C(C)C2)c(C(F)(F)F)c1. The second kappa shape index (κ2) is 6.16. The van der Waals surface area contributed by atoms with Gasteiger partial charge in [0.25, 0.3) is 0 Å². The first-order valence-electron chi connectivity index (χ1n) is 7.33. The number of hydrogen-bond acceptors (Lipinski definition) is 2. The summed E-state index contributed by atoms with van der Waals surface area (Å²) in [5.41, 5.74) is -0.511. The smallest absolute Gasteiger partial charge is 0.418 e. The highest BCUT2D eigenvalue weighted by Gasteiger charge is 2.35. The predicted octanol–water partition coefficient (Wildman–Crippen LogP) is 4.95. The zero-order chi connectivity index (χ0) is 15.6. The largest absolute Gasteiger partial charge is 0.497 e. The van der Waals surface area contributed by atoms with Crippen molar-refractivity contribution in [1.82, 2.24) is 0 Å². The van der Waals surface area contributed by atoms with E-state index in [1.54, 1.807) is 6.07 Å². The molecule has 1 saturated carbocycles. The molecule has 0 radical (unpaired) electrons. The summed E-state index contributed by atoms with van der Waals surface area (Å²) in [7, 11) is 1.37. The van der Waals surface area contributed by atoms with Crippen molar-refractivity contribution < 1.29 is 17.9 Å². The Kier molecular flexibility index (Phi) is 4.69. The Morgan fingerprint density at radius 1 is 1.14 bits per heavy atom. The molecule has 3 unspecified atom stereocenters. The van der Waals surface area contributed by atoms with E-state index in [-0.39, 0.29) is 17.5 Å². The second-order valence-electron chi connectivity index (χ2n) is 6.02. The van der Waals surface area contributed by atoms with Crippen molar-refractivity contribution in [2.24, 2.45) is 11.8 Å². The summed E-state index contributed by atoms with van der Waals surface area (Å²) >= 11 is 0. The van der Waals surface area contributed by atoms with Gasteiger partial charge >= 0.3 is 6.18 Å². The number of benzene rings is 1. The Hall–Kier alpha value is -1.39. The van der Waals surface area contributed by atoms with E-state index in [1.165, 1.54) is 13.2 Å². The fraction of sp³-hybridized carbons (Fsp3) is 0.625. The van der Waals surface area contributed by atoms with Gasteiger partial charge in [0.05, 0.1) is 12.7 Å². The molecule has 1 aromatic rings. The number of rotatable bonds is 3. The van der Waals surface area contributed by atoms with Crippen LogP contribution >= 0.6 is 0 Å². The molecular formula is C16H22F3NO. The molecule has 3 atom stereocenters. The van der Waals surface area contributed by atoms with Crippen LogP contribution in [0.2, 0.25) is 0 Å². The van der Waals surface area contributed by atoms with E-state index >= 15 is 0 Å². The molecule has 5 heteroatoms. The number of halogens is 3. The summed E-state index contributed by atoms with van der Waals surface area (Å²) in [6.07, 6.45) is -1.51. The van der Waals surface area contributed by atoms with Gasteiger partial charge in [0, 0.05) is 11.7 Å². The zero-order valence-electron chi connectivity index (χ0n) is 12.6. The minimum Gasteiger partial charge on any atom is -0.497 e. The van der Waals surface area contributed by atoms with Gasteiger partial charge in [-0.3, -0.25) is 0 Å². The Morgan fingerprint density at radius 2 is 1.86 bits per heavy atom. The molecule has 1 aliphatic carbocycles. The molecule has 118 valence electrons. The third-order valence-electron chi connectivity index (χ3n) is 4.49. The predicted molar refractivity (Wildman–Crippen MR) is 77.6 cm³/mol. The van der Waals surface area contributed by atoms with Crippen LogP contribution in [-0.4, -0.2) is 13.2 Å². The van der Waals surface area contributed by atoms with Gasteiger partial charge in [-0.05, 0) is 49.3 Å². The van der Waals surface area contributed by atoms with E-state index in [0.717, 1.165) is 25.3 Å². The number of hydrogen-bond donors (Lipinski definition) is 1. The standard InChI is InChI=1S/C16H22F3NO/c1-10-4-5-12(8-11(10)2)20-15-7-6-13(21-3)9-14(15)16(17,18)19/h6-7,9-12,20H,4-5,8H2,1-3H3. The number of nitrogens with one attached hydrogen (secondary N) is 1. The number of anilines is 1. The lowest BCUT2D eigenvalue weighted by atomic mass is 9.79. The molecule has 1 fully saturated rings. The van der Waals surface area contributed by atoms with Crippen LogP contribution in [0.15, 0.2) is 18.2 Å². The van der Waals surface area contributed by atoms with Gasteiger partial charge in [0.1, 0.15) is 5.75 Å². The Labute approximate surface area is 123 Å². The van der Waals surface area contributed by atoms with Crippen LogP contribution in [-0.2, 0) is 6.18 Å². The summed E-state index contributed by atoms with van der Waals surface area (Å²) in [6.45, 7) is 4.37. The molecule has 2 nitrogen and oxygen atoms in total. The molecule has 21 heavy (non-hydrogen) atoms. The van der Waals surface area contributed by atoms with Crippen LogP contribution in [0.25, 0.3) is 0 Å². The highest BCUT2D eigenvalue weighted by molar-refractivity contribution is 5.56. The Morgan fingerprint density at radius 3 is 2.43 bits per heavy atom. The van der Waals surface area contributed by atoms with Gasteiger partial charge in [0.2, 0.25) is 0 Å². The van der Waals surface area contributed by atoms with Crippen molar-refractivity contribution in [3.05, 3.63) is 23.8 Å². The van der Waals surface area contributed by atoms with E-state index in [2.05, 4.69) is 19.2 Å². The molecule has 0 spiro atoms. The number of alkyl halides is 3. The Balaban J connectivity index is 2.19. The third-order valence-corrected chi connectivity index (χ3v) is 4.49. The topological polar surface area (TPSA) is 21.3 Å². The average molecular weight is 301 g/mol. The van der Waals surface area contributed by atoms with Crippen LogP contribution in [0, 0.1) is 11.8 Å². The molecule has 2 rings (SSSR count). The van der Waals surface area contributed by atoms with Crippen molar-refractivity contribution in [3.63, 3.8) is 0 Å². The summed E-state index contributed by atoms with van der Waals surface area (Å²) in [5.74, 6) is 1.39. The lowest BCUT2D eigenvalue weighted by Crippen LogP contribution is -2.31. The maximum Gasteiger partial charge on any atom is 0.418 e. The fourth-order valence-electron chi connectivity index (χ4n) is 2.91. The first-order valence-corrected chi connectivity index (χ1v) is 7.33. The molecule has 1 aliphatic rings. The molecule has 0 bridgehead atoms. The van der Waals surface area contributed by atoms with Crippen molar-refractivity contribution in [1.29, 1.82) is 0 Å². The minimum atomic E-state index is -4.38. The second-order valence-corrected chi connectivity index (χ2v) is 6.02. The van der Waals surface area contributed by atoms with Crippen LogP contribution in [0.1, 0.15) is 38.7 Å². The zero-order valence-corrected chi connectivity index (χ0v) is 12.6. The molecule has 1 aromatic carbocycles. The molecule has 1 N–H and O–H groups in total. The van der Waals surface area contributed by atoms with Crippen molar-refractivity contribution in [3.8, 4) is 5.75 Å². The molecule has 0 aromatic heterocycles. The summed E-state index contributed by atoms with van der Waals surface area (Å²) in [6, 6.07) is 4.18. The highest BCUT2D eigenvalue weighted by atomic mass is 19.4. The van der Waals surface area contributed by atoms with Gasteiger partial charge in [-0.25, -0.2) is 0 Å². The maximum absolute atomic E-state index is 13.2. The summed E-state index contributed by atoms with van der Waals surface area (Å²) < 4.78 is 44.4. The highest BCUT2D eigenvalue weighted by Crippen LogP contribution is 2.39. The monoisotopic (exact) mass is 301 g/mol. The summed E-state index contributed by atoms with van der Waals surface area (Å²) in [4.78, 5) is 0. The van der Waals surface area contributed by atoms with Gasteiger partial charge in [-0.15, -0.1) is 0 Å². The average Bonchev–Trinajstić information content (AvgIpc) is 2.42. The normalized spacial score (nSPS) is 26.5. The molecule has 0 saturated heterocycles. The fourth-order valence-corrected chi connectivity index (χ4v) is 2.91. The molecule has 0 aliphatic heterocycles. The first-order chi connectivity index (χ1) is 9.81. The van der Waals surface area contributed by atoms with Gasteiger partial charge in [-0.1, -0.05) is 13.8 Å². The maximum atomic E-state index is 13.2. The number of ether oxygens (including phenoxy) is 1. The molecular weight excluding hydrogens is 279 g/mol. The lowest BCUT2D eigenvalue weighted by Gasteiger charge is -2.33. The number of methoxy groups -OCH3 is 1. The third kappa shape index (κ3) is 3.83. The van der Waals surface area contributed by atoms with Crippen LogP contribution < -0.4 is 10.1 Å². The van der Waals surface area contributed by atoms with Crippen LogP contribution in [0.3, 0.4) is 0 Å². The van der Waals surface area contributed by atoms with Crippen molar-refractivity contribution in [2.45, 2.75) is 45.3 Å². The van der Waals surface area contributed by atoms with E-state index in [0.29, 0.717) is 11.8 Å². The first kappa shape index (κ1) is 16.0. The summed E-state index contributed by atoms with van der Waals surface area (Å²) in [5, 5.41) is 3.08. The van der Waals surface area contributed by atoms with Crippen LogP contribution in [0.5, 0.6) is 5.75 Å². The molecule has 0 amide bonds. The van der Waals surface area contributed by atoms with E-state index in [9.17, 15) is 13.2 Å². The van der Waals surface area contributed by atoms with E-state index in [4.69, 9.17) is 4.74 Å². The van der Waals surface area contributed by atoms with Gasteiger partial charge in [-0.2, -0.15) is 13.2 Å². The quantitative estimate of drug-likeness (QED) is 0.853. The minimum absolute atomic E-state index is 0.102. The van der Waals surface area contributed by atoms with Crippen molar-refractivity contribution in [2.75, 3.05) is 12.4 Å². The lowest BCUT2D eigenvalue weighted by molar-refractivity contribution is -0.137. The van der Waals surface area contributed by atoms with Gasteiger partial charge in [0.15, 0.2) is 0 Å².